The van der Waals surface area contributed by atoms with Crippen LogP contribution in [0.25, 0.3) is 0 Å². The van der Waals surface area contributed by atoms with Gasteiger partial charge in [-0.2, -0.15) is 0 Å². The quantitative estimate of drug-likeness (QED) is 0.742. The predicted octanol–water partition coefficient (Wildman–Crippen LogP) is 0.376. The molecule has 1 saturated heterocycles. The zero-order chi connectivity index (χ0) is 15.2. The summed E-state index contributed by atoms with van der Waals surface area (Å²) in [5, 5.41) is 19.0. The third kappa shape index (κ3) is 4.44. The molecule has 1 heterocycles. The summed E-state index contributed by atoms with van der Waals surface area (Å²) in [4.78, 5) is 2.32. The summed E-state index contributed by atoms with van der Waals surface area (Å²) >= 11 is 0. The Morgan fingerprint density at radius 1 is 1.29 bits per heavy atom. The highest BCUT2D eigenvalue weighted by Gasteiger charge is 2.22. The van der Waals surface area contributed by atoms with E-state index in [2.05, 4.69) is 4.90 Å². The number of hydrogen-bond acceptors (Lipinski definition) is 5. The van der Waals surface area contributed by atoms with Crippen LogP contribution in [0.15, 0.2) is 18.2 Å². The molecule has 0 spiro atoms. The highest BCUT2D eigenvalue weighted by Crippen LogP contribution is 2.18. The minimum Gasteiger partial charge on any atom is -0.497 e. The lowest BCUT2D eigenvalue weighted by atomic mass is 9.76. The highest BCUT2D eigenvalue weighted by molar-refractivity contribution is 6.59. The smallest absolute Gasteiger partial charge is 0.488 e. The zero-order valence-electron chi connectivity index (χ0n) is 12.8. The lowest BCUT2D eigenvalue weighted by molar-refractivity contribution is 0.0125. The maximum Gasteiger partial charge on any atom is 0.488 e. The summed E-state index contributed by atoms with van der Waals surface area (Å²) in [5.41, 5.74) is 1.45. The van der Waals surface area contributed by atoms with Crippen molar-refractivity contribution in [2.75, 3.05) is 26.8 Å². The van der Waals surface area contributed by atoms with Crippen LogP contribution in [0, 0.1) is 0 Å². The Labute approximate surface area is 126 Å². The molecular weight excluding hydrogens is 269 g/mol. The van der Waals surface area contributed by atoms with Gasteiger partial charge in [-0.1, -0.05) is 6.07 Å². The molecule has 5 nitrogen and oxygen atoms in total. The monoisotopic (exact) mass is 293 g/mol. The largest absolute Gasteiger partial charge is 0.497 e. The van der Waals surface area contributed by atoms with Gasteiger partial charge in [0.05, 0.1) is 13.2 Å². The Bertz CT molecular complexity index is 447. The third-order valence-electron chi connectivity index (χ3n) is 3.96. The van der Waals surface area contributed by atoms with Crippen molar-refractivity contribution in [1.82, 2.24) is 4.90 Å². The van der Waals surface area contributed by atoms with Gasteiger partial charge in [0.15, 0.2) is 0 Å². The molecule has 116 valence electrons. The highest BCUT2D eigenvalue weighted by atomic mass is 16.5. The molecule has 2 rings (SSSR count). The van der Waals surface area contributed by atoms with E-state index in [0.29, 0.717) is 18.1 Å². The normalized spacial score (nSPS) is 17.0. The van der Waals surface area contributed by atoms with Crippen LogP contribution < -0.4 is 10.2 Å². The van der Waals surface area contributed by atoms with Crippen LogP contribution in [-0.2, 0) is 11.3 Å². The number of likely N-dealkylation sites (tertiary alicyclic amines) is 1. The molecular formula is C15H24BNO4. The lowest BCUT2D eigenvalue weighted by Crippen LogP contribution is -2.40. The van der Waals surface area contributed by atoms with Crippen LogP contribution in [0.1, 0.15) is 25.3 Å². The predicted molar refractivity (Wildman–Crippen MR) is 82.7 cm³/mol. The molecule has 1 fully saturated rings. The SMILES string of the molecule is CCOC1CCN(Cc2cc(OC)ccc2B(O)O)CC1. The third-order valence-corrected chi connectivity index (χ3v) is 3.96. The van der Waals surface area contributed by atoms with Crippen molar-refractivity contribution >= 4 is 12.6 Å². The Balaban J connectivity index is 2.02. The fourth-order valence-electron chi connectivity index (χ4n) is 2.81. The Morgan fingerprint density at radius 3 is 2.57 bits per heavy atom. The first-order chi connectivity index (χ1) is 10.1. The van der Waals surface area contributed by atoms with Crippen molar-refractivity contribution in [2.45, 2.75) is 32.4 Å². The van der Waals surface area contributed by atoms with E-state index in [-0.39, 0.29) is 0 Å². The maximum atomic E-state index is 9.49. The number of methoxy groups -OCH3 is 1. The molecule has 0 unspecified atom stereocenters. The molecule has 21 heavy (non-hydrogen) atoms. The number of piperidine rings is 1. The molecule has 0 atom stereocenters. The van der Waals surface area contributed by atoms with Crippen LogP contribution in [0.4, 0.5) is 0 Å². The van der Waals surface area contributed by atoms with Gasteiger partial charge in [-0.25, -0.2) is 0 Å². The van der Waals surface area contributed by atoms with Gasteiger partial charge in [0.25, 0.3) is 0 Å². The van der Waals surface area contributed by atoms with E-state index < -0.39 is 7.12 Å². The fourth-order valence-corrected chi connectivity index (χ4v) is 2.81. The van der Waals surface area contributed by atoms with Gasteiger partial charge >= 0.3 is 7.12 Å². The second-order valence-electron chi connectivity index (χ2n) is 5.37. The summed E-state index contributed by atoms with van der Waals surface area (Å²) < 4.78 is 10.9. The van der Waals surface area contributed by atoms with Crippen molar-refractivity contribution < 1.29 is 19.5 Å². The van der Waals surface area contributed by atoms with Crippen molar-refractivity contribution in [3.63, 3.8) is 0 Å². The first-order valence-corrected chi connectivity index (χ1v) is 7.51. The van der Waals surface area contributed by atoms with E-state index in [1.165, 1.54) is 0 Å². The van der Waals surface area contributed by atoms with E-state index in [4.69, 9.17) is 9.47 Å². The molecule has 0 aliphatic carbocycles. The minimum atomic E-state index is -1.45. The summed E-state index contributed by atoms with van der Waals surface area (Å²) in [6.45, 7) is 5.41. The van der Waals surface area contributed by atoms with Gasteiger partial charge in [0.1, 0.15) is 5.75 Å². The number of nitrogens with zero attached hydrogens (tertiary/aromatic N) is 1. The number of ether oxygens (including phenoxy) is 2. The van der Waals surface area contributed by atoms with Crippen LogP contribution in [0.2, 0.25) is 0 Å². The van der Waals surface area contributed by atoms with Crippen molar-refractivity contribution in [3.05, 3.63) is 23.8 Å². The standard InChI is InChI=1S/C15H24BNO4/c1-3-21-13-6-8-17(9-7-13)11-12-10-14(20-2)4-5-15(12)16(18)19/h4-5,10,13,18-19H,3,6-9,11H2,1-2H3. The van der Waals surface area contributed by atoms with E-state index in [9.17, 15) is 10.0 Å². The first-order valence-electron chi connectivity index (χ1n) is 7.51. The molecule has 0 bridgehead atoms. The Morgan fingerprint density at radius 2 is 2.00 bits per heavy atom. The molecule has 1 aliphatic rings. The Kier molecular flexibility index (Phi) is 6.05. The average Bonchev–Trinajstić information content (AvgIpc) is 2.49. The molecule has 1 aromatic carbocycles. The summed E-state index contributed by atoms with van der Waals surface area (Å²) in [6.07, 6.45) is 2.41. The molecule has 1 aromatic rings. The van der Waals surface area contributed by atoms with Crippen molar-refractivity contribution in [2.24, 2.45) is 0 Å². The molecule has 2 N–H and O–H groups in total. The topological polar surface area (TPSA) is 62.2 Å². The van der Waals surface area contributed by atoms with Gasteiger partial charge in [-0.3, -0.25) is 4.90 Å². The van der Waals surface area contributed by atoms with Crippen LogP contribution >= 0.6 is 0 Å². The van der Waals surface area contributed by atoms with Crippen molar-refractivity contribution in [1.29, 1.82) is 0 Å². The molecule has 1 aliphatic heterocycles. The number of rotatable bonds is 6. The number of hydrogen-bond donors (Lipinski definition) is 2. The maximum absolute atomic E-state index is 9.49. The lowest BCUT2D eigenvalue weighted by Gasteiger charge is -2.32. The minimum absolute atomic E-state index is 0.361. The number of benzene rings is 1. The van der Waals surface area contributed by atoms with E-state index >= 15 is 0 Å². The van der Waals surface area contributed by atoms with Crippen LogP contribution in [0.5, 0.6) is 5.75 Å². The van der Waals surface area contributed by atoms with Gasteiger partial charge in [-0.15, -0.1) is 0 Å². The van der Waals surface area contributed by atoms with Crippen molar-refractivity contribution in [3.8, 4) is 5.75 Å². The van der Waals surface area contributed by atoms with Gasteiger partial charge in [-0.05, 0) is 42.9 Å². The van der Waals surface area contributed by atoms with Gasteiger partial charge < -0.3 is 19.5 Å². The fraction of sp³-hybridized carbons (Fsp3) is 0.600. The molecule has 0 aromatic heterocycles. The molecule has 0 amide bonds. The van der Waals surface area contributed by atoms with Gasteiger partial charge in [0, 0.05) is 26.2 Å². The Hall–Kier alpha value is -1.08. The average molecular weight is 293 g/mol. The van der Waals surface area contributed by atoms with E-state index in [1.54, 1.807) is 19.2 Å². The van der Waals surface area contributed by atoms with Crippen LogP contribution in [-0.4, -0.2) is 55.0 Å². The van der Waals surface area contributed by atoms with E-state index in [1.807, 2.05) is 13.0 Å². The zero-order valence-corrected chi connectivity index (χ0v) is 12.8. The molecule has 0 radical (unpaired) electrons. The van der Waals surface area contributed by atoms with E-state index in [0.717, 1.165) is 43.9 Å². The summed E-state index contributed by atoms with van der Waals surface area (Å²) in [6, 6.07) is 5.34. The first kappa shape index (κ1) is 16.3. The molecule has 6 heteroatoms. The van der Waals surface area contributed by atoms with Crippen LogP contribution in [0.3, 0.4) is 0 Å². The second kappa shape index (κ2) is 7.80. The molecule has 0 saturated carbocycles. The summed E-state index contributed by atoms with van der Waals surface area (Å²) in [5.74, 6) is 0.735. The second-order valence-corrected chi connectivity index (χ2v) is 5.37. The van der Waals surface area contributed by atoms with Gasteiger partial charge in [0.2, 0.25) is 0 Å². The summed E-state index contributed by atoms with van der Waals surface area (Å²) in [7, 11) is 0.161.